The molecule has 1 N–H and O–H groups in total. The van der Waals surface area contributed by atoms with E-state index >= 15 is 0 Å². The van der Waals surface area contributed by atoms with Crippen LogP contribution >= 0.6 is 27.5 Å². The van der Waals surface area contributed by atoms with Crippen LogP contribution in [0.3, 0.4) is 0 Å². The quantitative estimate of drug-likeness (QED) is 0.845. The highest BCUT2D eigenvalue weighted by atomic mass is 79.9. The SMILES string of the molecule is CCC1(O)CN(c2ncnc(Cl)c2Br)C1. The van der Waals surface area contributed by atoms with E-state index in [0.717, 1.165) is 12.2 Å². The maximum atomic E-state index is 9.88. The standard InChI is InChI=1S/C9H11BrClN3O/c1-2-9(15)3-14(4-9)8-6(10)7(11)12-5-13-8/h5,15H,2-4H2,1H3. The minimum Gasteiger partial charge on any atom is -0.386 e. The van der Waals surface area contributed by atoms with Gasteiger partial charge in [0, 0.05) is 0 Å². The Morgan fingerprint density at radius 3 is 2.87 bits per heavy atom. The number of β-amino-alcohol motifs (C(OH)–C–C–N with tert-alkyl or cyclic N) is 1. The van der Waals surface area contributed by atoms with E-state index in [1.54, 1.807) is 0 Å². The van der Waals surface area contributed by atoms with Crippen molar-refractivity contribution in [1.82, 2.24) is 9.97 Å². The Kier molecular flexibility index (Phi) is 2.87. The summed E-state index contributed by atoms with van der Waals surface area (Å²) in [7, 11) is 0. The molecule has 1 fully saturated rings. The third-order valence-electron chi connectivity index (χ3n) is 2.66. The van der Waals surface area contributed by atoms with Crippen LogP contribution in [0.15, 0.2) is 10.8 Å². The van der Waals surface area contributed by atoms with Gasteiger partial charge in [-0.3, -0.25) is 0 Å². The first kappa shape index (κ1) is 11.1. The average Bonchev–Trinajstić information content (AvgIpc) is 2.18. The zero-order chi connectivity index (χ0) is 11.1. The van der Waals surface area contributed by atoms with Crippen LogP contribution in [0.5, 0.6) is 0 Å². The van der Waals surface area contributed by atoms with Crippen molar-refractivity contribution < 1.29 is 5.11 Å². The highest BCUT2D eigenvalue weighted by molar-refractivity contribution is 9.10. The maximum absolute atomic E-state index is 9.88. The zero-order valence-corrected chi connectivity index (χ0v) is 10.6. The molecule has 15 heavy (non-hydrogen) atoms. The molecular formula is C9H11BrClN3O. The van der Waals surface area contributed by atoms with Gasteiger partial charge in [0.05, 0.1) is 23.2 Å². The summed E-state index contributed by atoms with van der Waals surface area (Å²) in [6.45, 7) is 3.16. The van der Waals surface area contributed by atoms with Crippen molar-refractivity contribution in [3.63, 3.8) is 0 Å². The minimum absolute atomic E-state index is 0.395. The average molecular weight is 293 g/mol. The summed E-state index contributed by atoms with van der Waals surface area (Å²) in [6, 6.07) is 0. The Hall–Kier alpha value is -0.390. The van der Waals surface area contributed by atoms with E-state index in [1.165, 1.54) is 6.33 Å². The summed E-state index contributed by atoms with van der Waals surface area (Å²) in [4.78, 5) is 9.96. The number of aliphatic hydroxyl groups is 1. The first-order valence-electron chi connectivity index (χ1n) is 4.69. The molecule has 2 rings (SSSR count). The third-order valence-corrected chi connectivity index (χ3v) is 3.90. The van der Waals surface area contributed by atoms with Crippen LogP contribution in [0.4, 0.5) is 5.82 Å². The van der Waals surface area contributed by atoms with Crippen molar-refractivity contribution in [2.45, 2.75) is 18.9 Å². The van der Waals surface area contributed by atoms with Gasteiger partial charge in [0.25, 0.3) is 0 Å². The smallest absolute Gasteiger partial charge is 0.148 e. The number of hydrogen-bond donors (Lipinski definition) is 1. The molecule has 0 spiro atoms. The van der Waals surface area contributed by atoms with E-state index in [1.807, 2.05) is 11.8 Å². The molecule has 0 bridgehead atoms. The van der Waals surface area contributed by atoms with E-state index in [-0.39, 0.29) is 0 Å². The lowest BCUT2D eigenvalue weighted by Gasteiger charge is -2.47. The lowest BCUT2D eigenvalue weighted by Crippen LogP contribution is -2.62. The molecule has 0 amide bonds. The van der Waals surface area contributed by atoms with Gasteiger partial charge in [-0.1, -0.05) is 18.5 Å². The number of hydrogen-bond acceptors (Lipinski definition) is 4. The number of halogens is 2. The molecule has 2 heterocycles. The van der Waals surface area contributed by atoms with Crippen LogP contribution in [-0.4, -0.2) is 33.8 Å². The predicted molar refractivity (Wildman–Crippen MR) is 62.2 cm³/mol. The van der Waals surface area contributed by atoms with Crippen molar-refractivity contribution in [1.29, 1.82) is 0 Å². The van der Waals surface area contributed by atoms with Crippen LogP contribution in [-0.2, 0) is 0 Å². The van der Waals surface area contributed by atoms with Crippen molar-refractivity contribution >= 4 is 33.3 Å². The first-order chi connectivity index (χ1) is 7.06. The highest BCUT2D eigenvalue weighted by Crippen LogP contribution is 2.35. The fourth-order valence-corrected chi connectivity index (χ4v) is 2.18. The summed E-state index contributed by atoms with van der Waals surface area (Å²) in [5.41, 5.74) is -0.573. The van der Waals surface area contributed by atoms with Gasteiger partial charge in [-0.25, -0.2) is 9.97 Å². The van der Waals surface area contributed by atoms with Gasteiger partial charge in [-0.2, -0.15) is 0 Å². The number of nitrogens with zero attached hydrogens (tertiary/aromatic N) is 3. The molecular weight excluding hydrogens is 281 g/mol. The Morgan fingerprint density at radius 2 is 2.27 bits per heavy atom. The first-order valence-corrected chi connectivity index (χ1v) is 5.86. The van der Waals surface area contributed by atoms with Crippen LogP contribution in [0.1, 0.15) is 13.3 Å². The van der Waals surface area contributed by atoms with Crippen LogP contribution in [0, 0.1) is 0 Å². The molecule has 1 aromatic heterocycles. The molecule has 0 atom stereocenters. The van der Waals surface area contributed by atoms with Gasteiger partial charge in [-0.05, 0) is 22.4 Å². The molecule has 0 aromatic carbocycles. The second kappa shape index (κ2) is 3.88. The van der Waals surface area contributed by atoms with E-state index in [0.29, 0.717) is 22.7 Å². The molecule has 1 saturated heterocycles. The molecule has 82 valence electrons. The molecule has 1 aliphatic rings. The molecule has 1 aromatic rings. The van der Waals surface area contributed by atoms with Crippen molar-refractivity contribution in [2.75, 3.05) is 18.0 Å². The van der Waals surface area contributed by atoms with E-state index in [9.17, 15) is 5.11 Å². The topological polar surface area (TPSA) is 49.2 Å². The second-order valence-corrected chi connectivity index (χ2v) is 4.89. The number of aromatic nitrogens is 2. The summed E-state index contributed by atoms with van der Waals surface area (Å²) in [5.74, 6) is 0.744. The Bertz CT molecular complexity index is 382. The second-order valence-electron chi connectivity index (χ2n) is 3.74. The van der Waals surface area contributed by atoms with Crippen LogP contribution in [0.2, 0.25) is 5.15 Å². The summed E-state index contributed by atoms with van der Waals surface area (Å²) < 4.78 is 0.685. The largest absolute Gasteiger partial charge is 0.386 e. The predicted octanol–water partition coefficient (Wildman–Crippen LogP) is 1.85. The molecule has 4 nitrogen and oxygen atoms in total. The lowest BCUT2D eigenvalue weighted by atomic mass is 9.91. The van der Waals surface area contributed by atoms with Crippen LogP contribution in [0.25, 0.3) is 0 Å². The summed E-state index contributed by atoms with van der Waals surface area (Å²) in [6.07, 6.45) is 2.17. The maximum Gasteiger partial charge on any atom is 0.148 e. The van der Waals surface area contributed by atoms with Gasteiger partial charge in [0.15, 0.2) is 0 Å². The van der Waals surface area contributed by atoms with E-state index < -0.39 is 5.60 Å². The highest BCUT2D eigenvalue weighted by Gasteiger charge is 2.41. The molecule has 1 aliphatic heterocycles. The number of anilines is 1. The van der Waals surface area contributed by atoms with Gasteiger partial charge < -0.3 is 10.0 Å². The summed E-state index contributed by atoms with van der Waals surface area (Å²) in [5, 5.41) is 10.3. The normalized spacial score (nSPS) is 18.8. The zero-order valence-electron chi connectivity index (χ0n) is 8.24. The molecule has 0 unspecified atom stereocenters. The Morgan fingerprint density at radius 1 is 1.60 bits per heavy atom. The fraction of sp³-hybridized carbons (Fsp3) is 0.556. The van der Waals surface area contributed by atoms with E-state index in [2.05, 4.69) is 25.9 Å². The van der Waals surface area contributed by atoms with Gasteiger partial charge in [0.2, 0.25) is 0 Å². The van der Waals surface area contributed by atoms with Crippen molar-refractivity contribution in [2.24, 2.45) is 0 Å². The monoisotopic (exact) mass is 291 g/mol. The lowest BCUT2D eigenvalue weighted by molar-refractivity contribution is 0.00797. The van der Waals surface area contributed by atoms with Gasteiger partial charge in [-0.15, -0.1) is 0 Å². The van der Waals surface area contributed by atoms with Gasteiger partial charge in [0.1, 0.15) is 17.3 Å². The molecule has 0 saturated carbocycles. The number of rotatable bonds is 2. The van der Waals surface area contributed by atoms with Crippen molar-refractivity contribution in [3.8, 4) is 0 Å². The summed E-state index contributed by atoms with van der Waals surface area (Å²) >= 11 is 9.19. The Labute approximate surface area is 101 Å². The van der Waals surface area contributed by atoms with Crippen LogP contribution < -0.4 is 4.90 Å². The van der Waals surface area contributed by atoms with Crippen molar-refractivity contribution in [3.05, 3.63) is 16.0 Å². The van der Waals surface area contributed by atoms with Gasteiger partial charge >= 0.3 is 0 Å². The molecule has 0 radical (unpaired) electrons. The Balaban J connectivity index is 2.17. The molecule has 6 heteroatoms. The minimum atomic E-state index is -0.573. The van der Waals surface area contributed by atoms with E-state index in [4.69, 9.17) is 11.6 Å². The molecule has 0 aliphatic carbocycles. The fourth-order valence-electron chi connectivity index (χ4n) is 1.60. The third kappa shape index (κ3) is 1.96.